The molecule has 0 unspecified atom stereocenters. The summed E-state index contributed by atoms with van der Waals surface area (Å²) < 4.78 is 11.5. The highest BCUT2D eigenvalue weighted by Gasteiger charge is 2.38. The van der Waals surface area contributed by atoms with E-state index in [1.807, 2.05) is 25.1 Å². The highest BCUT2D eigenvalue weighted by atomic mass is 35.5. The summed E-state index contributed by atoms with van der Waals surface area (Å²) in [4.78, 5) is 4.60. The summed E-state index contributed by atoms with van der Waals surface area (Å²) in [6.07, 6.45) is -0.287. The molecule has 2 fully saturated rings. The van der Waals surface area contributed by atoms with Crippen LogP contribution in [0.15, 0.2) is 18.2 Å². The van der Waals surface area contributed by atoms with Gasteiger partial charge in [0.15, 0.2) is 0 Å². The molecular weight excluding hydrogens is 316 g/mol. The molecule has 2 aliphatic heterocycles. The van der Waals surface area contributed by atoms with Gasteiger partial charge in [-0.1, -0.05) is 17.7 Å². The lowest BCUT2D eigenvalue weighted by atomic mass is 10.1. The normalized spacial score (nSPS) is 27.0. The number of hydrogen-bond donors (Lipinski definition) is 1. The maximum Gasteiger partial charge on any atom is 0.138 e. The van der Waals surface area contributed by atoms with Crippen LogP contribution in [0.25, 0.3) is 0 Å². The largest absolute Gasteiger partial charge is 0.489 e. The standard InChI is InChI=1S/C17H25ClN2O3/c1-12-3-4-14(18)16(7-12)23-11-13(21)8-20-9-15-17(10-20)22-6-5-19(15)2/h3-4,7,13,15,17,21H,5-6,8-11H2,1-2H3/t13-,15+,17+/m1/s1. The number of β-amino-alcohol motifs (C(OH)–C–C–N with tert-alkyl or cyclic N) is 1. The topological polar surface area (TPSA) is 45.2 Å². The third-order valence-corrected chi connectivity index (χ3v) is 4.95. The third kappa shape index (κ3) is 4.17. The van der Waals surface area contributed by atoms with Crippen LogP contribution in [0.3, 0.4) is 0 Å². The van der Waals surface area contributed by atoms with E-state index < -0.39 is 6.10 Å². The predicted octanol–water partition coefficient (Wildman–Crippen LogP) is 1.40. The molecule has 2 saturated heterocycles. The monoisotopic (exact) mass is 340 g/mol. The second-order valence-electron chi connectivity index (χ2n) is 6.57. The zero-order chi connectivity index (χ0) is 16.4. The van der Waals surface area contributed by atoms with Crippen LogP contribution in [0.4, 0.5) is 0 Å². The van der Waals surface area contributed by atoms with Crippen LogP contribution in [0.5, 0.6) is 5.75 Å². The summed E-state index contributed by atoms with van der Waals surface area (Å²) in [5, 5.41) is 10.8. The van der Waals surface area contributed by atoms with Crippen molar-refractivity contribution in [2.75, 3.05) is 46.4 Å². The Kier molecular flexibility index (Phi) is 5.44. The number of morpholine rings is 1. The summed E-state index contributed by atoms with van der Waals surface area (Å²) >= 11 is 6.11. The minimum Gasteiger partial charge on any atom is -0.489 e. The predicted molar refractivity (Wildman–Crippen MR) is 90.3 cm³/mol. The molecule has 128 valence electrons. The minimum absolute atomic E-state index is 0.242. The molecule has 0 radical (unpaired) electrons. The van der Waals surface area contributed by atoms with Crippen LogP contribution < -0.4 is 4.74 Å². The molecular formula is C17H25ClN2O3. The maximum absolute atomic E-state index is 10.3. The summed E-state index contributed by atoms with van der Waals surface area (Å²) in [5.41, 5.74) is 1.09. The van der Waals surface area contributed by atoms with Crippen molar-refractivity contribution in [1.82, 2.24) is 9.80 Å². The van der Waals surface area contributed by atoms with Gasteiger partial charge in [-0.2, -0.15) is 0 Å². The Labute approximate surface area is 142 Å². The van der Waals surface area contributed by atoms with Crippen LogP contribution in [0, 0.1) is 6.92 Å². The molecule has 3 rings (SSSR count). The molecule has 23 heavy (non-hydrogen) atoms. The van der Waals surface area contributed by atoms with Gasteiger partial charge in [-0.05, 0) is 31.7 Å². The second kappa shape index (κ2) is 7.36. The van der Waals surface area contributed by atoms with Crippen LogP contribution >= 0.6 is 11.6 Å². The molecule has 1 N–H and O–H groups in total. The minimum atomic E-state index is -0.544. The number of aryl methyl sites for hydroxylation is 1. The molecule has 1 aromatic carbocycles. The fraction of sp³-hybridized carbons (Fsp3) is 0.647. The SMILES string of the molecule is Cc1ccc(Cl)c(OC[C@H](O)CN2C[C@@H]3OCCN(C)[C@H]3C2)c1. The lowest BCUT2D eigenvalue weighted by Gasteiger charge is -2.33. The summed E-state index contributed by atoms with van der Waals surface area (Å²) in [6, 6.07) is 6.08. The number of nitrogens with zero attached hydrogens (tertiary/aromatic N) is 2. The van der Waals surface area contributed by atoms with Crippen molar-refractivity contribution in [3.63, 3.8) is 0 Å². The number of hydrogen-bond acceptors (Lipinski definition) is 5. The van der Waals surface area contributed by atoms with Gasteiger partial charge in [-0.3, -0.25) is 9.80 Å². The molecule has 2 aliphatic rings. The lowest BCUT2D eigenvalue weighted by molar-refractivity contribution is -0.0372. The molecule has 0 amide bonds. The van der Waals surface area contributed by atoms with Crippen molar-refractivity contribution in [1.29, 1.82) is 0 Å². The van der Waals surface area contributed by atoms with Gasteiger partial charge in [0.1, 0.15) is 18.5 Å². The quantitative estimate of drug-likeness (QED) is 0.878. The Morgan fingerprint density at radius 3 is 3.04 bits per heavy atom. The molecule has 5 nitrogen and oxygen atoms in total. The molecule has 6 heteroatoms. The van der Waals surface area contributed by atoms with Gasteiger partial charge in [0.05, 0.1) is 17.7 Å². The lowest BCUT2D eigenvalue weighted by Crippen LogP contribution is -2.48. The maximum atomic E-state index is 10.3. The Bertz CT molecular complexity index is 543. The summed E-state index contributed by atoms with van der Waals surface area (Å²) in [6.45, 7) is 6.40. The van der Waals surface area contributed by atoms with Gasteiger partial charge in [0.25, 0.3) is 0 Å². The number of halogens is 1. The van der Waals surface area contributed by atoms with Crippen LogP contribution in [-0.2, 0) is 4.74 Å². The zero-order valence-electron chi connectivity index (χ0n) is 13.7. The molecule has 0 aromatic heterocycles. The van der Waals surface area contributed by atoms with Crippen molar-refractivity contribution in [3.8, 4) is 5.75 Å². The summed E-state index contributed by atoms with van der Waals surface area (Å²) in [5.74, 6) is 0.629. The van der Waals surface area contributed by atoms with E-state index in [9.17, 15) is 5.11 Å². The van der Waals surface area contributed by atoms with E-state index >= 15 is 0 Å². The Balaban J connectivity index is 1.48. The molecule has 0 bridgehead atoms. The number of fused-ring (bicyclic) bond motifs is 1. The van der Waals surface area contributed by atoms with Crippen molar-refractivity contribution < 1.29 is 14.6 Å². The fourth-order valence-electron chi connectivity index (χ4n) is 3.34. The van der Waals surface area contributed by atoms with Gasteiger partial charge >= 0.3 is 0 Å². The van der Waals surface area contributed by atoms with E-state index in [2.05, 4.69) is 16.8 Å². The number of aliphatic hydroxyl groups excluding tert-OH is 1. The van der Waals surface area contributed by atoms with E-state index in [1.54, 1.807) is 0 Å². The molecule has 0 saturated carbocycles. The van der Waals surface area contributed by atoms with Crippen molar-refractivity contribution in [2.24, 2.45) is 0 Å². The van der Waals surface area contributed by atoms with Gasteiger partial charge < -0.3 is 14.6 Å². The van der Waals surface area contributed by atoms with Gasteiger partial charge in [0.2, 0.25) is 0 Å². The third-order valence-electron chi connectivity index (χ3n) is 4.64. The van der Waals surface area contributed by atoms with Crippen LogP contribution in [-0.4, -0.2) is 79.6 Å². The van der Waals surface area contributed by atoms with E-state index in [1.165, 1.54) is 0 Å². The van der Waals surface area contributed by atoms with Crippen molar-refractivity contribution >= 4 is 11.6 Å². The molecule has 1 aromatic rings. The van der Waals surface area contributed by atoms with E-state index in [-0.39, 0.29) is 12.7 Å². The van der Waals surface area contributed by atoms with E-state index in [0.29, 0.717) is 23.4 Å². The van der Waals surface area contributed by atoms with Crippen LogP contribution in [0.1, 0.15) is 5.56 Å². The molecule has 3 atom stereocenters. The average molecular weight is 341 g/mol. The van der Waals surface area contributed by atoms with Crippen molar-refractivity contribution in [2.45, 2.75) is 25.2 Å². The molecule has 2 heterocycles. The number of likely N-dealkylation sites (tertiary alicyclic amines) is 1. The first-order chi connectivity index (χ1) is 11.0. The van der Waals surface area contributed by atoms with Gasteiger partial charge in [-0.25, -0.2) is 0 Å². The number of rotatable bonds is 5. The number of likely N-dealkylation sites (N-methyl/N-ethyl adjacent to an activating group) is 1. The smallest absolute Gasteiger partial charge is 0.138 e. The molecule has 0 aliphatic carbocycles. The van der Waals surface area contributed by atoms with Crippen molar-refractivity contribution in [3.05, 3.63) is 28.8 Å². The van der Waals surface area contributed by atoms with Gasteiger partial charge in [-0.15, -0.1) is 0 Å². The highest BCUT2D eigenvalue weighted by Crippen LogP contribution is 2.26. The second-order valence-corrected chi connectivity index (χ2v) is 6.98. The first-order valence-electron chi connectivity index (χ1n) is 8.14. The molecule has 0 spiro atoms. The summed E-state index contributed by atoms with van der Waals surface area (Å²) in [7, 11) is 2.14. The van der Waals surface area contributed by atoms with E-state index in [4.69, 9.17) is 21.1 Å². The number of benzene rings is 1. The van der Waals surface area contributed by atoms with Gasteiger partial charge in [0, 0.05) is 32.2 Å². The first kappa shape index (κ1) is 17.0. The highest BCUT2D eigenvalue weighted by molar-refractivity contribution is 6.32. The average Bonchev–Trinajstić information content (AvgIpc) is 2.92. The Morgan fingerprint density at radius 2 is 2.26 bits per heavy atom. The Hall–Kier alpha value is -0.850. The fourth-order valence-corrected chi connectivity index (χ4v) is 3.51. The first-order valence-corrected chi connectivity index (χ1v) is 8.52. The zero-order valence-corrected chi connectivity index (χ0v) is 14.5. The van der Waals surface area contributed by atoms with Crippen LogP contribution in [0.2, 0.25) is 5.02 Å². The number of aliphatic hydroxyl groups is 1. The number of ether oxygens (including phenoxy) is 2. The van der Waals surface area contributed by atoms with E-state index in [0.717, 1.165) is 31.8 Å². The Morgan fingerprint density at radius 1 is 1.43 bits per heavy atom.